The highest BCUT2D eigenvalue weighted by molar-refractivity contribution is 7.99. The van der Waals surface area contributed by atoms with Crippen molar-refractivity contribution in [2.75, 3.05) is 12.4 Å². The van der Waals surface area contributed by atoms with Crippen LogP contribution >= 0.6 is 11.8 Å². The molecular weight excluding hydrogens is 334 g/mol. The molecular formula is C19H19N3O2S. The molecule has 0 aliphatic carbocycles. The predicted molar refractivity (Wildman–Crippen MR) is 99.6 cm³/mol. The molecule has 1 fully saturated rings. The Morgan fingerprint density at radius 3 is 2.96 bits per heavy atom. The summed E-state index contributed by atoms with van der Waals surface area (Å²) in [6.45, 7) is 2.78. The lowest BCUT2D eigenvalue weighted by Crippen LogP contribution is -2.24. The lowest BCUT2D eigenvalue weighted by Gasteiger charge is -2.15. The Hall–Kier alpha value is -2.18. The van der Waals surface area contributed by atoms with Crippen LogP contribution in [-0.2, 0) is 4.74 Å². The first-order valence-corrected chi connectivity index (χ1v) is 9.41. The van der Waals surface area contributed by atoms with Crippen molar-refractivity contribution in [3.8, 4) is 5.82 Å². The quantitative estimate of drug-likeness (QED) is 0.532. The van der Waals surface area contributed by atoms with Crippen molar-refractivity contribution < 1.29 is 4.74 Å². The smallest absolute Gasteiger partial charge is 0.267 e. The second-order valence-corrected chi connectivity index (χ2v) is 7.13. The van der Waals surface area contributed by atoms with Gasteiger partial charge in [-0.3, -0.25) is 4.79 Å². The van der Waals surface area contributed by atoms with Gasteiger partial charge in [-0.05, 0) is 43.5 Å². The summed E-state index contributed by atoms with van der Waals surface area (Å²) < 4.78 is 7.35. The maximum absolute atomic E-state index is 13.1. The van der Waals surface area contributed by atoms with Crippen molar-refractivity contribution in [3.63, 3.8) is 0 Å². The maximum Gasteiger partial charge on any atom is 0.267 e. The molecule has 1 aliphatic rings. The van der Waals surface area contributed by atoms with Gasteiger partial charge < -0.3 is 4.74 Å². The molecule has 3 aromatic rings. The highest BCUT2D eigenvalue weighted by Crippen LogP contribution is 2.25. The second-order valence-electron chi connectivity index (χ2n) is 6.14. The van der Waals surface area contributed by atoms with Crippen molar-refractivity contribution in [1.82, 2.24) is 14.5 Å². The topological polar surface area (TPSA) is 57.0 Å². The van der Waals surface area contributed by atoms with Gasteiger partial charge >= 0.3 is 0 Å². The molecule has 4 rings (SSSR count). The van der Waals surface area contributed by atoms with E-state index in [9.17, 15) is 4.79 Å². The van der Waals surface area contributed by atoms with Crippen LogP contribution in [-0.4, -0.2) is 33.0 Å². The fraction of sp³-hybridized carbons (Fsp3) is 0.316. The summed E-state index contributed by atoms with van der Waals surface area (Å²) >= 11 is 1.56. The Balaban J connectivity index is 1.85. The van der Waals surface area contributed by atoms with E-state index in [2.05, 4.69) is 4.98 Å². The molecule has 0 N–H and O–H groups in total. The Kier molecular flexibility index (Phi) is 4.55. The predicted octanol–water partition coefficient (Wildman–Crippen LogP) is 3.36. The zero-order valence-corrected chi connectivity index (χ0v) is 14.8. The molecule has 6 heteroatoms. The van der Waals surface area contributed by atoms with Gasteiger partial charge in [-0.2, -0.15) is 0 Å². The van der Waals surface area contributed by atoms with E-state index < -0.39 is 0 Å². The molecule has 0 amide bonds. The highest BCUT2D eigenvalue weighted by Gasteiger charge is 2.20. The van der Waals surface area contributed by atoms with Crippen LogP contribution in [0.1, 0.15) is 18.4 Å². The van der Waals surface area contributed by atoms with E-state index in [-0.39, 0.29) is 11.7 Å². The van der Waals surface area contributed by atoms with Crippen molar-refractivity contribution in [1.29, 1.82) is 0 Å². The first kappa shape index (κ1) is 16.3. The number of benzene rings is 1. The molecule has 128 valence electrons. The van der Waals surface area contributed by atoms with E-state index in [1.807, 2.05) is 43.3 Å². The van der Waals surface area contributed by atoms with Crippen molar-refractivity contribution in [3.05, 3.63) is 58.5 Å². The molecule has 1 aliphatic heterocycles. The van der Waals surface area contributed by atoms with Crippen LogP contribution in [0.5, 0.6) is 0 Å². The molecule has 0 saturated carbocycles. The summed E-state index contributed by atoms with van der Waals surface area (Å²) in [5.41, 5.74) is 1.58. The molecule has 0 radical (unpaired) electrons. The molecule has 0 spiro atoms. The van der Waals surface area contributed by atoms with Crippen LogP contribution in [0.15, 0.2) is 52.5 Å². The summed E-state index contributed by atoms with van der Waals surface area (Å²) in [6, 6.07) is 11.3. The third-order valence-corrected chi connectivity index (χ3v) is 5.43. The molecule has 1 aromatic carbocycles. The summed E-state index contributed by atoms with van der Waals surface area (Å²) in [5.74, 6) is 1.43. The SMILES string of the molecule is Cc1cccnc1-n1c(SC[C@@H]2CCCO2)nc2ccccc2c1=O. The van der Waals surface area contributed by atoms with Gasteiger partial charge in [0.15, 0.2) is 5.16 Å². The Bertz CT molecular complexity index is 964. The number of fused-ring (bicyclic) bond motifs is 1. The van der Waals surface area contributed by atoms with Crippen LogP contribution in [0, 0.1) is 6.92 Å². The first-order valence-electron chi connectivity index (χ1n) is 8.42. The Morgan fingerprint density at radius 1 is 1.28 bits per heavy atom. The molecule has 1 saturated heterocycles. The molecule has 25 heavy (non-hydrogen) atoms. The number of rotatable bonds is 4. The van der Waals surface area contributed by atoms with Crippen LogP contribution in [0.2, 0.25) is 0 Å². The van der Waals surface area contributed by atoms with Crippen LogP contribution in [0.3, 0.4) is 0 Å². The van der Waals surface area contributed by atoms with Gasteiger partial charge in [0, 0.05) is 18.6 Å². The molecule has 1 atom stereocenters. The van der Waals surface area contributed by atoms with Gasteiger partial charge in [0.05, 0.1) is 17.0 Å². The van der Waals surface area contributed by atoms with Gasteiger partial charge in [0.1, 0.15) is 5.82 Å². The van der Waals surface area contributed by atoms with E-state index in [0.29, 0.717) is 21.9 Å². The second kappa shape index (κ2) is 6.98. The fourth-order valence-corrected chi connectivity index (χ4v) is 4.11. The first-order chi connectivity index (χ1) is 12.2. The molecule has 0 unspecified atom stereocenters. The number of thioether (sulfide) groups is 1. The largest absolute Gasteiger partial charge is 0.377 e. The van der Waals surface area contributed by atoms with E-state index in [1.165, 1.54) is 0 Å². The highest BCUT2D eigenvalue weighted by atomic mass is 32.2. The van der Waals surface area contributed by atoms with E-state index >= 15 is 0 Å². The number of aromatic nitrogens is 3. The Morgan fingerprint density at radius 2 is 2.16 bits per heavy atom. The lowest BCUT2D eigenvalue weighted by molar-refractivity contribution is 0.129. The molecule has 0 bridgehead atoms. The van der Waals surface area contributed by atoms with Crippen LogP contribution in [0.4, 0.5) is 0 Å². The van der Waals surface area contributed by atoms with Gasteiger partial charge in [-0.1, -0.05) is 30.0 Å². The standard InChI is InChI=1S/C19H19N3O2S/c1-13-6-4-10-20-17(13)22-18(23)15-8-2-3-9-16(15)21-19(22)25-12-14-7-5-11-24-14/h2-4,6,8-10,14H,5,7,11-12H2,1H3/t14-/m0/s1. The molecule has 3 heterocycles. The minimum absolute atomic E-state index is 0.0813. The fourth-order valence-electron chi connectivity index (χ4n) is 3.05. The summed E-state index contributed by atoms with van der Waals surface area (Å²) in [6.07, 6.45) is 4.10. The van der Waals surface area contributed by atoms with Gasteiger partial charge in [-0.25, -0.2) is 14.5 Å². The number of hydrogen-bond donors (Lipinski definition) is 0. The number of pyridine rings is 1. The third kappa shape index (κ3) is 3.19. The summed E-state index contributed by atoms with van der Waals surface area (Å²) in [7, 11) is 0. The van der Waals surface area contributed by atoms with Gasteiger partial charge in [-0.15, -0.1) is 0 Å². The zero-order chi connectivity index (χ0) is 17.2. The van der Waals surface area contributed by atoms with Crippen molar-refractivity contribution in [2.45, 2.75) is 31.0 Å². The van der Waals surface area contributed by atoms with Crippen molar-refractivity contribution >= 4 is 22.7 Å². The minimum Gasteiger partial charge on any atom is -0.377 e. The number of para-hydroxylation sites is 1. The normalized spacial score (nSPS) is 17.2. The zero-order valence-electron chi connectivity index (χ0n) is 14.0. The van der Waals surface area contributed by atoms with Crippen LogP contribution < -0.4 is 5.56 Å². The number of aryl methyl sites for hydroxylation is 1. The lowest BCUT2D eigenvalue weighted by atomic mass is 10.2. The third-order valence-electron chi connectivity index (χ3n) is 4.36. The minimum atomic E-state index is -0.0813. The average molecular weight is 353 g/mol. The summed E-state index contributed by atoms with van der Waals surface area (Å²) in [4.78, 5) is 22.3. The number of ether oxygens (including phenoxy) is 1. The van der Waals surface area contributed by atoms with E-state index in [4.69, 9.17) is 9.72 Å². The monoisotopic (exact) mass is 353 g/mol. The van der Waals surface area contributed by atoms with E-state index in [0.717, 1.165) is 30.8 Å². The molecule has 5 nitrogen and oxygen atoms in total. The summed E-state index contributed by atoms with van der Waals surface area (Å²) in [5, 5.41) is 1.27. The number of nitrogens with zero attached hydrogens (tertiary/aromatic N) is 3. The van der Waals surface area contributed by atoms with Gasteiger partial charge in [0.2, 0.25) is 0 Å². The molecule has 2 aromatic heterocycles. The Labute approximate surface area is 150 Å². The average Bonchev–Trinajstić information content (AvgIpc) is 3.15. The van der Waals surface area contributed by atoms with E-state index in [1.54, 1.807) is 22.5 Å². The van der Waals surface area contributed by atoms with Gasteiger partial charge in [0.25, 0.3) is 5.56 Å². The van der Waals surface area contributed by atoms with Crippen LogP contribution in [0.25, 0.3) is 16.7 Å². The maximum atomic E-state index is 13.1. The van der Waals surface area contributed by atoms with Crippen molar-refractivity contribution in [2.24, 2.45) is 0 Å². The number of hydrogen-bond acceptors (Lipinski definition) is 5.